The summed E-state index contributed by atoms with van der Waals surface area (Å²) in [5, 5.41) is 9.09. The second-order valence-electron chi connectivity index (χ2n) is 4.61. The van der Waals surface area contributed by atoms with E-state index in [0.29, 0.717) is 13.0 Å². The van der Waals surface area contributed by atoms with Gasteiger partial charge in [-0.15, -0.1) is 0 Å². The number of nitrogens with zero attached hydrogens (tertiary/aromatic N) is 1. The zero-order valence-corrected chi connectivity index (χ0v) is 11.2. The number of pyridine rings is 1. The molecule has 5 nitrogen and oxygen atoms in total. The van der Waals surface area contributed by atoms with Crippen LogP contribution >= 0.6 is 0 Å². The number of hydrogen-bond donors (Lipinski definition) is 2. The molecule has 20 heavy (non-hydrogen) atoms. The van der Waals surface area contributed by atoms with Gasteiger partial charge in [-0.3, -0.25) is 4.79 Å². The van der Waals surface area contributed by atoms with Gasteiger partial charge in [0.2, 0.25) is 0 Å². The van der Waals surface area contributed by atoms with Crippen LogP contribution in [0.3, 0.4) is 0 Å². The first-order chi connectivity index (χ1) is 9.40. The third-order valence-corrected chi connectivity index (χ3v) is 3.32. The molecule has 0 unspecified atom stereocenters. The van der Waals surface area contributed by atoms with E-state index in [-0.39, 0.29) is 27.7 Å². The van der Waals surface area contributed by atoms with Crippen molar-refractivity contribution in [2.75, 3.05) is 5.73 Å². The average Bonchev–Trinajstić information content (AvgIpc) is 2.38. The molecular formula is C14H15FN2O3. The van der Waals surface area contributed by atoms with Gasteiger partial charge < -0.3 is 15.4 Å². The standard InChI is InChI=1S/C14H15FN2O3/c1-3-6-17-7(2)10(14(19)20)12-9(16)5-4-8(15)11(12)13(17)18/h4-5H,3,6,16H2,1-2H3,(H,19,20). The Morgan fingerprint density at radius 2 is 2.05 bits per heavy atom. The number of aromatic carboxylic acids is 1. The van der Waals surface area contributed by atoms with Crippen molar-refractivity contribution in [2.45, 2.75) is 26.8 Å². The van der Waals surface area contributed by atoms with Crippen LogP contribution < -0.4 is 11.3 Å². The second kappa shape index (κ2) is 4.96. The zero-order chi connectivity index (χ0) is 15.0. The summed E-state index contributed by atoms with van der Waals surface area (Å²) in [5.74, 6) is -1.98. The first-order valence-electron chi connectivity index (χ1n) is 6.24. The number of halogens is 1. The van der Waals surface area contributed by atoms with Crippen LogP contribution in [0.1, 0.15) is 29.4 Å². The third kappa shape index (κ3) is 1.93. The van der Waals surface area contributed by atoms with E-state index in [1.807, 2.05) is 6.92 Å². The van der Waals surface area contributed by atoms with Crippen LogP contribution in [0.5, 0.6) is 0 Å². The monoisotopic (exact) mass is 278 g/mol. The lowest BCUT2D eigenvalue weighted by atomic mass is 10.0. The number of carboxylic acids is 1. The Balaban J connectivity index is 3.12. The SMILES string of the molecule is CCCn1c(C)c(C(=O)O)c2c(N)ccc(F)c2c1=O. The lowest BCUT2D eigenvalue weighted by molar-refractivity contribution is 0.0697. The molecule has 0 atom stereocenters. The summed E-state index contributed by atoms with van der Waals surface area (Å²) in [6.07, 6.45) is 0.634. The minimum Gasteiger partial charge on any atom is -0.478 e. The molecule has 0 aliphatic carbocycles. The Bertz CT molecular complexity index is 765. The highest BCUT2D eigenvalue weighted by Crippen LogP contribution is 2.27. The van der Waals surface area contributed by atoms with E-state index in [9.17, 15) is 19.1 Å². The predicted molar refractivity (Wildman–Crippen MR) is 74.6 cm³/mol. The molecule has 3 N–H and O–H groups in total. The molecule has 0 aliphatic rings. The van der Waals surface area contributed by atoms with Crippen molar-refractivity contribution in [3.05, 3.63) is 39.6 Å². The number of rotatable bonds is 3. The quantitative estimate of drug-likeness (QED) is 0.842. The maximum Gasteiger partial charge on any atom is 0.338 e. The number of carboxylic acid groups (broad SMARTS) is 1. The minimum atomic E-state index is -1.23. The fraction of sp³-hybridized carbons (Fsp3) is 0.286. The summed E-state index contributed by atoms with van der Waals surface area (Å²) >= 11 is 0. The predicted octanol–water partition coefficient (Wildman–Crippen LogP) is 2.14. The summed E-state index contributed by atoms with van der Waals surface area (Å²) < 4.78 is 15.2. The van der Waals surface area contributed by atoms with Crippen LogP contribution in [-0.4, -0.2) is 15.6 Å². The molecule has 0 bridgehead atoms. The lowest BCUT2D eigenvalue weighted by Crippen LogP contribution is -2.26. The molecule has 0 fully saturated rings. The van der Waals surface area contributed by atoms with Crippen molar-refractivity contribution in [1.82, 2.24) is 4.57 Å². The lowest BCUT2D eigenvalue weighted by Gasteiger charge is -2.15. The van der Waals surface area contributed by atoms with Crippen LogP contribution in [0.25, 0.3) is 10.8 Å². The van der Waals surface area contributed by atoms with E-state index >= 15 is 0 Å². The Morgan fingerprint density at radius 3 is 2.60 bits per heavy atom. The Kier molecular flexibility index (Phi) is 3.48. The Labute approximate surface area is 114 Å². The third-order valence-electron chi connectivity index (χ3n) is 3.32. The van der Waals surface area contributed by atoms with E-state index in [2.05, 4.69) is 0 Å². The summed E-state index contributed by atoms with van der Waals surface area (Å²) in [5.41, 5.74) is 5.45. The van der Waals surface area contributed by atoms with Gasteiger partial charge in [0.1, 0.15) is 5.82 Å². The van der Waals surface area contributed by atoms with Crippen molar-refractivity contribution in [1.29, 1.82) is 0 Å². The van der Waals surface area contributed by atoms with Crippen molar-refractivity contribution in [3.63, 3.8) is 0 Å². The molecule has 106 valence electrons. The number of hydrogen-bond acceptors (Lipinski definition) is 3. The van der Waals surface area contributed by atoms with Crippen molar-refractivity contribution in [2.24, 2.45) is 0 Å². The molecule has 0 radical (unpaired) electrons. The number of aromatic nitrogens is 1. The number of nitrogens with two attached hydrogens (primary N) is 1. The van der Waals surface area contributed by atoms with Gasteiger partial charge in [-0.05, 0) is 25.5 Å². The fourth-order valence-electron chi connectivity index (χ4n) is 2.43. The van der Waals surface area contributed by atoms with Crippen LogP contribution in [0.2, 0.25) is 0 Å². The zero-order valence-electron chi connectivity index (χ0n) is 11.2. The largest absolute Gasteiger partial charge is 0.478 e. The molecule has 1 heterocycles. The average molecular weight is 278 g/mol. The van der Waals surface area contributed by atoms with Gasteiger partial charge in [-0.25, -0.2) is 9.18 Å². The Hall–Kier alpha value is -2.37. The van der Waals surface area contributed by atoms with Crippen LogP contribution in [0, 0.1) is 12.7 Å². The van der Waals surface area contributed by atoms with E-state index in [1.165, 1.54) is 17.6 Å². The summed E-state index contributed by atoms with van der Waals surface area (Å²) in [7, 11) is 0. The number of nitrogen functional groups attached to an aromatic ring is 1. The molecule has 0 aliphatic heterocycles. The van der Waals surface area contributed by atoms with Gasteiger partial charge in [0, 0.05) is 23.3 Å². The van der Waals surface area contributed by atoms with Crippen LogP contribution in [0.15, 0.2) is 16.9 Å². The summed E-state index contributed by atoms with van der Waals surface area (Å²) in [6, 6.07) is 2.35. The van der Waals surface area contributed by atoms with Gasteiger partial charge in [-0.1, -0.05) is 6.92 Å². The van der Waals surface area contributed by atoms with Gasteiger partial charge in [0.15, 0.2) is 0 Å². The van der Waals surface area contributed by atoms with Gasteiger partial charge in [0.05, 0.1) is 10.9 Å². The summed E-state index contributed by atoms with van der Waals surface area (Å²) in [6.45, 7) is 3.71. The maximum atomic E-state index is 14.0. The molecule has 2 rings (SSSR count). The molecule has 6 heteroatoms. The number of fused-ring (bicyclic) bond motifs is 1. The first-order valence-corrected chi connectivity index (χ1v) is 6.24. The van der Waals surface area contributed by atoms with Crippen LogP contribution in [0.4, 0.5) is 10.1 Å². The Morgan fingerprint density at radius 1 is 1.40 bits per heavy atom. The van der Waals surface area contributed by atoms with Gasteiger partial charge >= 0.3 is 5.97 Å². The highest BCUT2D eigenvalue weighted by atomic mass is 19.1. The molecule has 0 amide bonds. The minimum absolute atomic E-state index is 0.0210. The molecular weight excluding hydrogens is 263 g/mol. The van der Waals surface area contributed by atoms with Gasteiger partial charge in [-0.2, -0.15) is 0 Å². The number of carbonyl (C=O) groups is 1. The molecule has 1 aromatic carbocycles. The highest BCUT2D eigenvalue weighted by Gasteiger charge is 2.22. The first kappa shape index (κ1) is 14.0. The van der Waals surface area contributed by atoms with E-state index in [1.54, 1.807) is 0 Å². The second-order valence-corrected chi connectivity index (χ2v) is 4.61. The highest BCUT2D eigenvalue weighted by molar-refractivity contribution is 6.09. The van der Waals surface area contributed by atoms with E-state index in [4.69, 9.17) is 5.73 Å². The van der Waals surface area contributed by atoms with E-state index in [0.717, 1.165) is 6.07 Å². The molecule has 0 saturated heterocycles. The molecule has 1 aromatic heterocycles. The normalized spacial score (nSPS) is 10.9. The van der Waals surface area contributed by atoms with Gasteiger partial charge in [0.25, 0.3) is 5.56 Å². The van der Waals surface area contributed by atoms with Crippen molar-refractivity contribution in [3.8, 4) is 0 Å². The molecule has 2 aromatic rings. The number of benzene rings is 1. The topological polar surface area (TPSA) is 85.3 Å². The smallest absolute Gasteiger partial charge is 0.338 e. The van der Waals surface area contributed by atoms with Crippen LogP contribution in [-0.2, 0) is 6.54 Å². The fourth-order valence-corrected chi connectivity index (χ4v) is 2.43. The molecule has 0 spiro atoms. The van der Waals surface area contributed by atoms with Crippen molar-refractivity contribution >= 4 is 22.4 Å². The summed E-state index contributed by atoms with van der Waals surface area (Å²) in [4.78, 5) is 23.8. The van der Waals surface area contributed by atoms with E-state index < -0.39 is 17.3 Å². The number of anilines is 1. The maximum absolute atomic E-state index is 14.0. The molecule has 0 saturated carbocycles. The van der Waals surface area contributed by atoms with Crippen molar-refractivity contribution < 1.29 is 14.3 Å².